The molecular formula is C13H18N6O. The van der Waals surface area contributed by atoms with Crippen LogP contribution in [0.2, 0.25) is 0 Å². The SMILES string of the molecule is Cc1ccc(NN)c(C(=O)NCCCn2ccnn2)c1. The Kier molecular flexibility index (Phi) is 4.67. The van der Waals surface area contributed by atoms with E-state index in [0.29, 0.717) is 17.8 Å². The summed E-state index contributed by atoms with van der Waals surface area (Å²) in [6.07, 6.45) is 4.20. The van der Waals surface area contributed by atoms with Crippen LogP contribution < -0.4 is 16.6 Å². The zero-order valence-electron chi connectivity index (χ0n) is 11.3. The summed E-state index contributed by atoms with van der Waals surface area (Å²) >= 11 is 0. The van der Waals surface area contributed by atoms with E-state index in [1.54, 1.807) is 23.1 Å². The number of aryl methyl sites for hydroxylation is 2. The Labute approximate surface area is 117 Å². The highest BCUT2D eigenvalue weighted by molar-refractivity contribution is 5.99. The number of nitrogen functional groups attached to an aromatic ring is 1. The summed E-state index contributed by atoms with van der Waals surface area (Å²) in [5.74, 6) is 5.27. The van der Waals surface area contributed by atoms with E-state index in [0.717, 1.165) is 18.5 Å². The monoisotopic (exact) mass is 274 g/mol. The van der Waals surface area contributed by atoms with Gasteiger partial charge in [-0.25, -0.2) is 0 Å². The van der Waals surface area contributed by atoms with Crippen molar-refractivity contribution in [1.29, 1.82) is 0 Å². The average molecular weight is 274 g/mol. The van der Waals surface area contributed by atoms with Crippen molar-refractivity contribution >= 4 is 11.6 Å². The van der Waals surface area contributed by atoms with E-state index in [1.807, 2.05) is 19.1 Å². The molecule has 0 bridgehead atoms. The highest BCUT2D eigenvalue weighted by Crippen LogP contribution is 2.15. The van der Waals surface area contributed by atoms with E-state index in [2.05, 4.69) is 21.1 Å². The number of hydrazine groups is 1. The van der Waals surface area contributed by atoms with Gasteiger partial charge in [0.15, 0.2) is 0 Å². The first kappa shape index (κ1) is 14.0. The average Bonchev–Trinajstić information content (AvgIpc) is 2.96. The first-order valence-electron chi connectivity index (χ1n) is 6.40. The molecule has 0 aliphatic carbocycles. The molecule has 2 rings (SSSR count). The molecule has 1 amide bonds. The number of nitrogens with one attached hydrogen (secondary N) is 2. The van der Waals surface area contributed by atoms with Crippen molar-refractivity contribution in [2.75, 3.05) is 12.0 Å². The minimum atomic E-state index is -0.139. The molecule has 0 radical (unpaired) electrons. The van der Waals surface area contributed by atoms with Gasteiger partial charge < -0.3 is 10.7 Å². The molecule has 0 atom stereocenters. The molecule has 1 heterocycles. The van der Waals surface area contributed by atoms with Gasteiger partial charge >= 0.3 is 0 Å². The Bertz CT molecular complexity index is 566. The highest BCUT2D eigenvalue weighted by atomic mass is 16.1. The van der Waals surface area contributed by atoms with Crippen LogP contribution in [0.15, 0.2) is 30.6 Å². The molecule has 106 valence electrons. The minimum Gasteiger partial charge on any atom is -0.352 e. The van der Waals surface area contributed by atoms with Gasteiger partial charge in [-0.05, 0) is 25.5 Å². The van der Waals surface area contributed by atoms with E-state index in [9.17, 15) is 4.79 Å². The maximum absolute atomic E-state index is 12.1. The van der Waals surface area contributed by atoms with Crippen molar-refractivity contribution in [2.45, 2.75) is 19.9 Å². The van der Waals surface area contributed by atoms with Crippen LogP contribution in [0.1, 0.15) is 22.3 Å². The third-order valence-electron chi connectivity index (χ3n) is 2.90. The molecule has 2 aromatic rings. The van der Waals surface area contributed by atoms with Gasteiger partial charge in [-0.3, -0.25) is 15.3 Å². The highest BCUT2D eigenvalue weighted by Gasteiger charge is 2.10. The quantitative estimate of drug-likeness (QED) is 0.409. The first-order chi connectivity index (χ1) is 9.70. The van der Waals surface area contributed by atoms with Crippen LogP contribution in [0.5, 0.6) is 0 Å². The molecule has 0 spiro atoms. The maximum atomic E-state index is 12.1. The fourth-order valence-corrected chi connectivity index (χ4v) is 1.86. The molecule has 0 saturated carbocycles. The Morgan fingerprint density at radius 3 is 3.00 bits per heavy atom. The summed E-state index contributed by atoms with van der Waals surface area (Å²) in [5, 5.41) is 10.4. The Balaban J connectivity index is 1.87. The van der Waals surface area contributed by atoms with Crippen LogP contribution in [0.25, 0.3) is 0 Å². The Morgan fingerprint density at radius 2 is 2.30 bits per heavy atom. The largest absolute Gasteiger partial charge is 0.352 e. The van der Waals surface area contributed by atoms with Gasteiger partial charge in [0.2, 0.25) is 0 Å². The molecule has 0 saturated heterocycles. The van der Waals surface area contributed by atoms with E-state index in [4.69, 9.17) is 5.84 Å². The molecular weight excluding hydrogens is 256 g/mol. The molecule has 0 unspecified atom stereocenters. The number of rotatable bonds is 6. The van der Waals surface area contributed by atoms with Gasteiger partial charge in [-0.2, -0.15) is 0 Å². The van der Waals surface area contributed by atoms with Gasteiger partial charge in [0.25, 0.3) is 5.91 Å². The van der Waals surface area contributed by atoms with Crippen molar-refractivity contribution in [3.63, 3.8) is 0 Å². The zero-order chi connectivity index (χ0) is 14.4. The van der Waals surface area contributed by atoms with E-state index >= 15 is 0 Å². The predicted octanol–water partition coefficient (Wildman–Crippen LogP) is 0.692. The van der Waals surface area contributed by atoms with Crippen molar-refractivity contribution in [1.82, 2.24) is 20.3 Å². The molecule has 0 fully saturated rings. The van der Waals surface area contributed by atoms with Crippen LogP contribution in [-0.2, 0) is 6.54 Å². The summed E-state index contributed by atoms with van der Waals surface area (Å²) in [6, 6.07) is 5.50. The van der Waals surface area contributed by atoms with Crippen LogP contribution in [0, 0.1) is 6.92 Å². The normalized spacial score (nSPS) is 10.3. The summed E-state index contributed by atoms with van der Waals surface area (Å²) < 4.78 is 1.73. The lowest BCUT2D eigenvalue weighted by Gasteiger charge is -2.10. The molecule has 7 heteroatoms. The van der Waals surface area contributed by atoms with Gasteiger partial charge in [0.05, 0.1) is 17.4 Å². The second-order valence-corrected chi connectivity index (χ2v) is 4.47. The predicted molar refractivity (Wildman–Crippen MR) is 76.0 cm³/mol. The van der Waals surface area contributed by atoms with Crippen molar-refractivity contribution in [2.24, 2.45) is 5.84 Å². The van der Waals surface area contributed by atoms with Crippen LogP contribution in [0.3, 0.4) is 0 Å². The Morgan fingerprint density at radius 1 is 1.45 bits per heavy atom. The molecule has 1 aromatic carbocycles. The summed E-state index contributed by atoms with van der Waals surface area (Å²) in [6.45, 7) is 3.22. The fraction of sp³-hybridized carbons (Fsp3) is 0.308. The van der Waals surface area contributed by atoms with E-state index < -0.39 is 0 Å². The lowest BCUT2D eigenvalue weighted by molar-refractivity contribution is 0.0953. The van der Waals surface area contributed by atoms with Crippen LogP contribution in [0.4, 0.5) is 5.69 Å². The zero-order valence-corrected chi connectivity index (χ0v) is 11.3. The van der Waals surface area contributed by atoms with Crippen molar-refractivity contribution in [3.05, 3.63) is 41.7 Å². The number of nitrogens with zero attached hydrogens (tertiary/aromatic N) is 3. The number of benzene rings is 1. The standard InChI is InChI=1S/C13H18N6O/c1-10-3-4-12(17-14)11(9-10)13(20)15-5-2-7-19-8-6-16-18-19/h3-4,6,8-9,17H,2,5,7,14H2,1H3,(H,15,20). The van der Waals surface area contributed by atoms with E-state index in [1.165, 1.54) is 0 Å². The van der Waals surface area contributed by atoms with Gasteiger partial charge in [0.1, 0.15) is 0 Å². The molecule has 7 nitrogen and oxygen atoms in total. The number of carbonyl (C=O) groups excluding carboxylic acids is 1. The topological polar surface area (TPSA) is 97.9 Å². The molecule has 0 aliphatic rings. The number of amides is 1. The van der Waals surface area contributed by atoms with E-state index in [-0.39, 0.29) is 5.91 Å². The summed E-state index contributed by atoms with van der Waals surface area (Å²) in [4.78, 5) is 12.1. The second kappa shape index (κ2) is 6.67. The van der Waals surface area contributed by atoms with Gasteiger partial charge in [0, 0.05) is 19.3 Å². The number of hydrogen-bond acceptors (Lipinski definition) is 5. The second-order valence-electron chi connectivity index (χ2n) is 4.47. The van der Waals surface area contributed by atoms with Crippen molar-refractivity contribution in [3.8, 4) is 0 Å². The summed E-state index contributed by atoms with van der Waals surface area (Å²) in [5.41, 5.74) is 4.71. The van der Waals surface area contributed by atoms with Crippen molar-refractivity contribution < 1.29 is 4.79 Å². The number of carbonyl (C=O) groups is 1. The lowest BCUT2D eigenvalue weighted by atomic mass is 10.1. The van der Waals surface area contributed by atoms with Crippen LogP contribution >= 0.6 is 0 Å². The fourth-order valence-electron chi connectivity index (χ4n) is 1.86. The number of anilines is 1. The smallest absolute Gasteiger partial charge is 0.253 e. The van der Waals surface area contributed by atoms with Gasteiger partial charge in [-0.1, -0.05) is 16.8 Å². The Hall–Kier alpha value is -2.41. The van der Waals surface area contributed by atoms with Gasteiger partial charge in [-0.15, -0.1) is 5.10 Å². The molecule has 0 aliphatic heterocycles. The number of aromatic nitrogens is 3. The maximum Gasteiger partial charge on any atom is 0.253 e. The molecule has 4 N–H and O–H groups in total. The first-order valence-corrected chi connectivity index (χ1v) is 6.40. The molecule has 20 heavy (non-hydrogen) atoms. The minimum absolute atomic E-state index is 0.139. The number of nitrogens with two attached hydrogens (primary N) is 1. The number of hydrogen-bond donors (Lipinski definition) is 3. The third-order valence-corrected chi connectivity index (χ3v) is 2.90. The summed E-state index contributed by atoms with van der Waals surface area (Å²) in [7, 11) is 0. The lowest BCUT2D eigenvalue weighted by Crippen LogP contribution is -2.27. The molecule has 1 aromatic heterocycles. The van der Waals surface area contributed by atoms with Crippen LogP contribution in [-0.4, -0.2) is 27.4 Å². The third kappa shape index (κ3) is 3.55.